The van der Waals surface area contributed by atoms with Gasteiger partial charge in [0.2, 0.25) is 5.91 Å². The number of ether oxygens (including phenoxy) is 1. The molecule has 98 valence electrons. The Balaban J connectivity index is 0. The lowest BCUT2D eigenvalue weighted by Gasteiger charge is -2.11. The number of nitrogens with two attached hydrogens (primary N) is 1. The molecule has 0 aromatic carbocycles. The van der Waals surface area contributed by atoms with Crippen LogP contribution >= 0.6 is 12.4 Å². The van der Waals surface area contributed by atoms with Gasteiger partial charge < -0.3 is 15.8 Å². The lowest BCUT2D eigenvalue weighted by molar-refractivity contribution is -0.175. The highest BCUT2D eigenvalue weighted by Gasteiger charge is 2.27. The van der Waals surface area contributed by atoms with Crippen molar-refractivity contribution in [1.29, 1.82) is 0 Å². The van der Waals surface area contributed by atoms with Crippen molar-refractivity contribution in [3.05, 3.63) is 0 Å². The summed E-state index contributed by atoms with van der Waals surface area (Å²) >= 11 is 0. The first-order valence-electron chi connectivity index (χ1n) is 4.46. The molecule has 0 aliphatic rings. The van der Waals surface area contributed by atoms with Crippen molar-refractivity contribution in [3.63, 3.8) is 0 Å². The molecule has 0 bridgehead atoms. The number of hydrogen-bond donors (Lipinski definition) is 2. The van der Waals surface area contributed by atoms with E-state index in [0.29, 0.717) is 13.1 Å². The molecule has 0 fully saturated rings. The van der Waals surface area contributed by atoms with Gasteiger partial charge in [-0.15, -0.1) is 12.4 Å². The van der Waals surface area contributed by atoms with Gasteiger partial charge in [-0.3, -0.25) is 4.79 Å². The standard InChI is InChI=1S/C8H15F3N2O2.ClH/c1-6(2-12)3-13-7(14)4-15-5-8(9,10)11;/h6H,2-5,12H2,1H3,(H,13,14);1H. The molecule has 0 aliphatic heterocycles. The van der Waals surface area contributed by atoms with E-state index in [4.69, 9.17) is 5.73 Å². The molecule has 8 heteroatoms. The quantitative estimate of drug-likeness (QED) is 0.742. The van der Waals surface area contributed by atoms with E-state index in [-0.39, 0.29) is 18.3 Å². The van der Waals surface area contributed by atoms with Gasteiger partial charge in [-0.25, -0.2) is 0 Å². The van der Waals surface area contributed by atoms with Gasteiger partial charge in [0.15, 0.2) is 0 Å². The number of rotatable bonds is 6. The lowest BCUT2D eigenvalue weighted by Crippen LogP contribution is -2.34. The van der Waals surface area contributed by atoms with Gasteiger partial charge in [-0.05, 0) is 12.5 Å². The fourth-order valence-electron chi connectivity index (χ4n) is 0.682. The second kappa shape index (κ2) is 8.60. The number of amides is 1. The minimum absolute atomic E-state index is 0. The maximum atomic E-state index is 11.6. The average Bonchev–Trinajstić information content (AvgIpc) is 2.12. The summed E-state index contributed by atoms with van der Waals surface area (Å²) in [5.74, 6) is -0.476. The maximum absolute atomic E-state index is 11.6. The zero-order valence-electron chi connectivity index (χ0n) is 8.84. The van der Waals surface area contributed by atoms with Gasteiger partial charge in [0.1, 0.15) is 13.2 Å². The van der Waals surface area contributed by atoms with E-state index in [9.17, 15) is 18.0 Å². The summed E-state index contributed by atoms with van der Waals surface area (Å²) in [6.45, 7) is 0.564. The molecule has 1 atom stereocenters. The van der Waals surface area contributed by atoms with Crippen molar-refractivity contribution in [2.24, 2.45) is 11.7 Å². The molecule has 0 rings (SSSR count). The maximum Gasteiger partial charge on any atom is 0.411 e. The van der Waals surface area contributed by atoms with Crippen molar-refractivity contribution in [2.45, 2.75) is 13.1 Å². The molecule has 0 spiro atoms. The van der Waals surface area contributed by atoms with Crippen molar-refractivity contribution >= 4 is 18.3 Å². The number of carbonyl (C=O) groups is 1. The molecule has 0 aliphatic carbocycles. The zero-order chi connectivity index (χ0) is 11.9. The molecule has 4 nitrogen and oxygen atoms in total. The highest BCUT2D eigenvalue weighted by Crippen LogP contribution is 2.13. The van der Waals surface area contributed by atoms with Crippen molar-refractivity contribution in [3.8, 4) is 0 Å². The van der Waals surface area contributed by atoms with Crippen LogP contribution < -0.4 is 11.1 Å². The number of halogens is 4. The first-order valence-corrected chi connectivity index (χ1v) is 4.46. The van der Waals surface area contributed by atoms with E-state index in [0.717, 1.165) is 0 Å². The van der Waals surface area contributed by atoms with Crippen molar-refractivity contribution < 1.29 is 22.7 Å². The van der Waals surface area contributed by atoms with Crippen molar-refractivity contribution in [2.75, 3.05) is 26.3 Å². The Labute approximate surface area is 98.1 Å². The van der Waals surface area contributed by atoms with Gasteiger partial charge >= 0.3 is 6.18 Å². The van der Waals surface area contributed by atoms with E-state index in [1.807, 2.05) is 6.92 Å². The van der Waals surface area contributed by atoms with Crippen LogP contribution in [0.25, 0.3) is 0 Å². The SMILES string of the molecule is CC(CN)CNC(=O)COCC(F)(F)F.Cl. The molecule has 0 saturated heterocycles. The first-order chi connectivity index (χ1) is 6.85. The second-order valence-electron chi connectivity index (χ2n) is 3.25. The zero-order valence-corrected chi connectivity index (χ0v) is 9.66. The van der Waals surface area contributed by atoms with Crippen LogP contribution in [0.15, 0.2) is 0 Å². The van der Waals surface area contributed by atoms with E-state index >= 15 is 0 Å². The fraction of sp³-hybridized carbons (Fsp3) is 0.875. The Morgan fingerprint density at radius 1 is 1.50 bits per heavy atom. The summed E-state index contributed by atoms with van der Waals surface area (Å²) in [7, 11) is 0. The third kappa shape index (κ3) is 11.5. The third-order valence-electron chi connectivity index (χ3n) is 1.55. The molecular formula is C8H16ClF3N2O2. The van der Waals surface area contributed by atoms with Crippen molar-refractivity contribution in [1.82, 2.24) is 5.32 Å². The molecule has 3 N–H and O–H groups in total. The molecule has 0 saturated carbocycles. The van der Waals surface area contributed by atoms with Crippen LogP contribution in [0.5, 0.6) is 0 Å². The molecule has 0 aromatic heterocycles. The Morgan fingerprint density at radius 2 is 2.06 bits per heavy atom. The van der Waals surface area contributed by atoms with Crippen LogP contribution in [0.1, 0.15) is 6.92 Å². The van der Waals surface area contributed by atoms with Gasteiger partial charge in [-0.1, -0.05) is 6.92 Å². The minimum Gasteiger partial charge on any atom is -0.362 e. The molecular weight excluding hydrogens is 249 g/mol. The van der Waals surface area contributed by atoms with Crippen LogP contribution in [-0.2, 0) is 9.53 Å². The van der Waals surface area contributed by atoms with Crippen LogP contribution in [-0.4, -0.2) is 38.4 Å². The number of hydrogen-bond acceptors (Lipinski definition) is 3. The highest BCUT2D eigenvalue weighted by atomic mass is 35.5. The third-order valence-corrected chi connectivity index (χ3v) is 1.55. The largest absolute Gasteiger partial charge is 0.411 e. The smallest absolute Gasteiger partial charge is 0.362 e. The Bertz CT molecular complexity index is 202. The topological polar surface area (TPSA) is 64.3 Å². The molecule has 1 amide bonds. The number of carbonyl (C=O) groups excluding carboxylic acids is 1. The first kappa shape index (κ1) is 17.9. The van der Waals surface area contributed by atoms with Crippen LogP contribution in [0, 0.1) is 5.92 Å². The summed E-state index contributed by atoms with van der Waals surface area (Å²) in [6.07, 6.45) is -4.40. The summed E-state index contributed by atoms with van der Waals surface area (Å²) in [5, 5.41) is 2.41. The Kier molecular flexibility index (Phi) is 9.60. The molecule has 0 radical (unpaired) electrons. The second-order valence-corrected chi connectivity index (χ2v) is 3.25. The lowest BCUT2D eigenvalue weighted by atomic mass is 10.2. The molecule has 16 heavy (non-hydrogen) atoms. The molecule has 1 unspecified atom stereocenters. The number of nitrogens with one attached hydrogen (secondary N) is 1. The van der Waals surface area contributed by atoms with Gasteiger partial charge in [0.25, 0.3) is 0 Å². The van der Waals surface area contributed by atoms with Crippen LogP contribution in [0.3, 0.4) is 0 Å². The normalized spacial score (nSPS) is 12.8. The number of alkyl halides is 3. The average molecular weight is 265 g/mol. The highest BCUT2D eigenvalue weighted by molar-refractivity contribution is 5.85. The van der Waals surface area contributed by atoms with E-state index < -0.39 is 25.3 Å². The predicted molar refractivity (Wildman–Crippen MR) is 55.4 cm³/mol. The monoisotopic (exact) mass is 264 g/mol. The summed E-state index contributed by atoms with van der Waals surface area (Å²) in [4.78, 5) is 10.9. The molecule has 0 aromatic rings. The Morgan fingerprint density at radius 3 is 2.50 bits per heavy atom. The minimum atomic E-state index is -4.40. The van der Waals surface area contributed by atoms with Gasteiger partial charge in [0.05, 0.1) is 0 Å². The van der Waals surface area contributed by atoms with E-state index in [1.54, 1.807) is 0 Å². The van der Waals surface area contributed by atoms with E-state index in [1.165, 1.54) is 0 Å². The summed E-state index contributed by atoms with van der Waals surface area (Å²) < 4.78 is 39.0. The van der Waals surface area contributed by atoms with Gasteiger partial charge in [0, 0.05) is 6.54 Å². The van der Waals surface area contributed by atoms with Crippen LogP contribution in [0.4, 0.5) is 13.2 Å². The predicted octanol–water partition coefficient (Wildman–Crippen LogP) is 0.698. The van der Waals surface area contributed by atoms with E-state index in [2.05, 4.69) is 10.1 Å². The van der Waals surface area contributed by atoms with Crippen LogP contribution in [0.2, 0.25) is 0 Å². The summed E-state index contributed by atoms with van der Waals surface area (Å²) in [5.41, 5.74) is 5.28. The molecule has 0 heterocycles. The Hall–Kier alpha value is -0.530. The summed E-state index contributed by atoms with van der Waals surface area (Å²) in [6, 6.07) is 0. The van der Waals surface area contributed by atoms with Gasteiger partial charge in [-0.2, -0.15) is 13.2 Å². The fourth-order valence-corrected chi connectivity index (χ4v) is 0.682.